The molecule has 0 aliphatic carbocycles. The van der Waals surface area contributed by atoms with Crippen LogP contribution in [0.3, 0.4) is 0 Å². The smallest absolute Gasteiger partial charge is 0.260 e. The lowest BCUT2D eigenvalue weighted by atomic mass is 9.84. The molecule has 1 aliphatic rings. The lowest BCUT2D eigenvalue weighted by Crippen LogP contribution is -2.30. The topological polar surface area (TPSA) is 56.3 Å². The molecule has 1 aliphatic heterocycles. The first-order valence-electron chi connectivity index (χ1n) is 10.0. The lowest BCUT2D eigenvalue weighted by Gasteiger charge is -2.32. The molecule has 0 unspecified atom stereocenters. The van der Waals surface area contributed by atoms with Gasteiger partial charge in [0.1, 0.15) is 5.75 Å². The predicted octanol–water partition coefficient (Wildman–Crippen LogP) is 5.78. The summed E-state index contributed by atoms with van der Waals surface area (Å²) >= 11 is 12.3. The van der Waals surface area contributed by atoms with Crippen molar-refractivity contribution in [1.29, 1.82) is 0 Å². The molecule has 1 aromatic heterocycles. The van der Waals surface area contributed by atoms with E-state index in [9.17, 15) is 9.90 Å². The number of likely N-dealkylation sites (N-methyl/N-ethyl adjacent to an activating group) is 1. The van der Waals surface area contributed by atoms with E-state index in [1.165, 1.54) is 16.7 Å². The van der Waals surface area contributed by atoms with E-state index in [2.05, 4.69) is 41.2 Å². The van der Waals surface area contributed by atoms with Crippen molar-refractivity contribution in [3.05, 3.63) is 97.8 Å². The Morgan fingerprint density at radius 1 is 1.06 bits per heavy atom. The van der Waals surface area contributed by atoms with Gasteiger partial charge in [0.2, 0.25) is 0 Å². The zero-order valence-electron chi connectivity index (χ0n) is 16.8. The summed E-state index contributed by atoms with van der Waals surface area (Å²) in [4.78, 5) is 17.9. The third-order valence-corrected chi connectivity index (χ3v) is 6.49. The number of fused-ring (bicyclic) bond motifs is 2. The number of hydrogen-bond acceptors (Lipinski definition) is 3. The number of aromatic nitrogens is 1. The standard InChI is InChI=1S/C25H20Cl2N2O2/c1-29-12-16-4-2-3-5-18(16)19(13-29)14-6-8-15(9-7-14)22-24(30)23-20(27)10-17(26)11-21(23)28-25(22)31/h2-11,19H,12-13H2,1H3,(H2,28,30,31)/t19-/m0/s1. The predicted molar refractivity (Wildman–Crippen MR) is 126 cm³/mol. The van der Waals surface area contributed by atoms with E-state index in [-0.39, 0.29) is 27.8 Å². The fourth-order valence-corrected chi connectivity index (χ4v) is 5.13. The summed E-state index contributed by atoms with van der Waals surface area (Å²) in [5, 5.41) is 11.9. The van der Waals surface area contributed by atoms with Gasteiger partial charge in [-0.05, 0) is 41.4 Å². The first-order chi connectivity index (χ1) is 14.9. The first kappa shape index (κ1) is 20.1. The molecule has 1 atom stereocenters. The van der Waals surface area contributed by atoms with Crippen LogP contribution in [-0.4, -0.2) is 28.6 Å². The fourth-order valence-electron chi connectivity index (χ4n) is 4.55. The maximum atomic E-state index is 12.8. The maximum Gasteiger partial charge on any atom is 0.260 e. The van der Waals surface area contributed by atoms with Gasteiger partial charge in [0, 0.05) is 24.0 Å². The first-order valence-corrected chi connectivity index (χ1v) is 10.8. The van der Waals surface area contributed by atoms with Crippen molar-refractivity contribution in [2.24, 2.45) is 0 Å². The van der Waals surface area contributed by atoms with E-state index < -0.39 is 0 Å². The minimum absolute atomic E-state index is 0.143. The molecule has 0 amide bonds. The Bertz CT molecular complexity index is 1360. The number of hydrogen-bond donors (Lipinski definition) is 2. The van der Waals surface area contributed by atoms with E-state index in [4.69, 9.17) is 23.2 Å². The molecular formula is C25H20Cl2N2O2. The Morgan fingerprint density at radius 3 is 2.58 bits per heavy atom. The van der Waals surface area contributed by atoms with Crippen molar-refractivity contribution < 1.29 is 5.11 Å². The summed E-state index contributed by atoms with van der Waals surface area (Å²) < 4.78 is 0. The monoisotopic (exact) mass is 450 g/mol. The Morgan fingerprint density at radius 2 is 1.81 bits per heavy atom. The molecule has 4 aromatic rings. The SMILES string of the molecule is CN1Cc2ccccc2[C@H](c2ccc(-c3c(O)c4c(Cl)cc(Cl)cc4[nH]c3=O)cc2)C1. The molecule has 0 saturated carbocycles. The van der Waals surface area contributed by atoms with Crippen LogP contribution >= 0.6 is 23.2 Å². The number of H-pyrrole nitrogens is 1. The van der Waals surface area contributed by atoms with Crippen LogP contribution in [0.5, 0.6) is 5.75 Å². The van der Waals surface area contributed by atoms with E-state index in [0.717, 1.165) is 13.1 Å². The molecule has 5 rings (SSSR count). The van der Waals surface area contributed by atoms with Crippen molar-refractivity contribution in [2.45, 2.75) is 12.5 Å². The van der Waals surface area contributed by atoms with Crippen LogP contribution in [0.25, 0.3) is 22.0 Å². The Hall–Kier alpha value is -2.79. The molecule has 2 heterocycles. The van der Waals surface area contributed by atoms with Crippen molar-refractivity contribution in [3.63, 3.8) is 0 Å². The quantitative estimate of drug-likeness (QED) is 0.406. The number of nitrogens with zero attached hydrogens (tertiary/aromatic N) is 1. The average Bonchev–Trinajstić information content (AvgIpc) is 2.73. The molecule has 4 nitrogen and oxygen atoms in total. The van der Waals surface area contributed by atoms with Crippen molar-refractivity contribution in [1.82, 2.24) is 9.88 Å². The van der Waals surface area contributed by atoms with Crippen LogP contribution in [0, 0.1) is 0 Å². The number of benzene rings is 3. The van der Waals surface area contributed by atoms with Gasteiger partial charge in [0.15, 0.2) is 0 Å². The van der Waals surface area contributed by atoms with Gasteiger partial charge in [0.05, 0.1) is 21.5 Å². The van der Waals surface area contributed by atoms with Gasteiger partial charge in [-0.3, -0.25) is 4.79 Å². The maximum absolute atomic E-state index is 12.8. The molecule has 0 fully saturated rings. The van der Waals surface area contributed by atoms with Gasteiger partial charge in [-0.2, -0.15) is 0 Å². The Balaban J connectivity index is 1.59. The second kappa shape index (κ2) is 7.72. The number of aromatic amines is 1. The molecule has 156 valence electrons. The fraction of sp³-hybridized carbons (Fsp3) is 0.160. The molecule has 0 bridgehead atoms. The van der Waals surface area contributed by atoms with Gasteiger partial charge >= 0.3 is 0 Å². The van der Waals surface area contributed by atoms with Crippen LogP contribution in [0.15, 0.2) is 65.5 Å². The van der Waals surface area contributed by atoms with Crippen LogP contribution in [0.2, 0.25) is 10.0 Å². The van der Waals surface area contributed by atoms with Crippen LogP contribution in [0.1, 0.15) is 22.6 Å². The number of halogens is 2. The highest BCUT2D eigenvalue weighted by Crippen LogP contribution is 2.39. The van der Waals surface area contributed by atoms with Gasteiger partial charge in [-0.1, -0.05) is 71.7 Å². The van der Waals surface area contributed by atoms with Gasteiger partial charge in [-0.15, -0.1) is 0 Å². The number of rotatable bonds is 2. The van der Waals surface area contributed by atoms with E-state index >= 15 is 0 Å². The largest absolute Gasteiger partial charge is 0.506 e. The molecule has 0 radical (unpaired) electrons. The minimum Gasteiger partial charge on any atom is -0.506 e. The number of aromatic hydroxyl groups is 1. The summed E-state index contributed by atoms with van der Waals surface area (Å²) in [5.41, 5.74) is 4.69. The average molecular weight is 451 g/mol. The summed E-state index contributed by atoms with van der Waals surface area (Å²) in [7, 11) is 2.12. The zero-order chi connectivity index (χ0) is 21.7. The highest BCUT2D eigenvalue weighted by Gasteiger charge is 2.25. The Kier molecular flexibility index (Phi) is 5.01. The zero-order valence-corrected chi connectivity index (χ0v) is 18.3. The molecule has 31 heavy (non-hydrogen) atoms. The molecule has 0 spiro atoms. The van der Waals surface area contributed by atoms with E-state index in [0.29, 0.717) is 21.5 Å². The van der Waals surface area contributed by atoms with Crippen molar-refractivity contribution >= 4 is 34.1 Å². The highest BCUT2D eigenvalue weighted by atomic mass is 35.5. The molecule has 3 aromatic carbocycles. The second-order valence-corrected chi connectivity index (χ2v) is 8.90. The van der Waals surface area contributed by atoms with Crippen LogP contribution in [-0.2, 0) is 6.54 Å². The summed E-state index contributed by atoms with van der Waals surface area (Å²) in [6.45, 7) is 1.87. The third-order valence-electron chi connectivity index (χ3n) is 5.97. The van der Waals surface area contributed by atoms with Gasteiger partial charge < -0.3 is 15.0 Å². The minimum atomic E-state index is -0.390. The summed E-state index contributed by atoms with van der Waals surface area (Å²) in [6, 6.07) is 19.5. The lowest BCUT2D eigenvalue weighted by molar-refractivity contribution is 0.295. The van der Waals surface area contributed by atoms with Crippen molar-refractivity contribution in [2.75, 3.05) is 13.6 Å². The number of pyridine rings is 1. The molecule has 6 heteroatoms. The summed E-state index contributed by atoms with van der Waals surface area (Å²) in [6.07, 6.45) is 0. The summed E-state index contributed by atoms with van der Waals surface area (Å²) in [5.74, 6) is 0.111. The normalized spacial score (nSPS) is 16.4. The number of nitrogens with one attached hydrogen (secondary N) is 1. The van der Waals surface area contributed by atoms with E-state index in [1.54, 1.807) is 12.1 Å². The molecule has 0 saturated heterocycles. The van der Waals surface area contributed by atoms with Gasteiger partial charge in [0.25, 0.3) is 5.56 Å². The molecule has 2 N–H and O–H groups in total. The third kappa shape index (κ3) is 3.51. The van der Waals surface area contributed by atoms with Crippen LogP contribution in [0.4, 0.5) is 0 Å². The Labute approximate surface area is 189 Å². The highest BCUT2D eigenvalue weighted by molar-refractivity contribution is 6.39. The van der Waals surface area contributed by atoms with E-state index in [1.807, 2.05) is 24.3 Å². The van der Waals surface area contributed by atoms with Gasteiger partial charge in [-0.25, -0.2) is 0 Å². The second-order valence-electron chi connectivity index (χ2n) is 8.06. The van der Waals surface area contributed by atoms with Crippen LogP contribution < -0.4 is 5.56 Å². The van der Waals surface area contributed by atoms with Crippen molar-refractivity contribution in [3.8, 4) is 16.9 Å². The molecular weight excluding hydrogens is 431 g/mol.